The Labute approximate surface area is 199 Å². The van der Waals surface area contributed by atoms with Crippen LogP contribution < -0.4 is 0 Å². The van der Waals surface area contributed by atoms with Crippen molar-refractivity contribution in [2.24, 2.45) is 17.3 Å². The topological polar surface area (TPSA) is 60.7 Å². The average molecular weight is 461 g/mol. The minimum Gasteiger partial charge on any atom is -0.393 e. The molecule has 3 aliphatic rings. The average Bonchev–Trinajstić information content (AvgIpc) is 3.12. The van der Waals surface area contributed by atoms with Gasteiger partial charge in [-0.3, -0.25) is 0 Å². The van der Waals surface area contributed by atoms with E-state index in [1.807, 2.05) is 11.8 Å². The van der Waals surface area contributed by atoms with Gasteiger partial charge in [0.15, 0.2) is 0 Å². The Balaban J connectivity index is 1.69. The third-order valence-corrected chi connectivity index (χ3v) is 9.71. The van der Waals surface area contributed by atoms with Crippen LogP contribution in [0.5, 0.6) is 0 Å². The van der Waals surface area contributed by atoms with E-state index in [0.717, 1.165) is 42.6 Å². The molecule has 6 atom stereocenters. The lowest BCUT2D eigenvalue weighted by molar-refractivity contribution is 0.0862. The van der Waals surface area contributed by atoms with Crippen LogP contribution in [0.15, 0.2) is 47.1 Å². The molecule has 0 aromatic heterocycles. The Morgan fingerprint density at radius 1 is 1.25 bits per heavy atom. The van der Waals surface area contributed by atoms with Crippen LogP contribution in [-0.2, 0) is 0 Å². The molecule has 0 aliphatic heterocycles. The summed E-state index contributed by atoms with van der Waals surface area (Å²) in [7, 11) is 0. The van der Waals surface area contributed by atoms with Crippen LogP contribution in [0.2, 0.25) is 0 Å². The van der Waals surface area contributed by atoms with Gasteiger partial charge in [0, 0.05) is 17.4 Å². The summed E-state index contributed by atoms with van der Waals surface area (Å²) in [4.78, 5) is 0. The first-order valence-electron chi connectivity index (χ1n) is 12.7. The quantitative estimate of drug-likeness (QED) is 0.391. The van der Waals surface area contributed by atoms with Crippen LogP contribution >= 0.6 is 11.8 Å². The summed E-state index contributed by atoms with van der Waals surface area (Å²) in [5, 5.41) is 31.2. The van der Waals surface area contributed by atoms with Crippen molar-refractivity contribution < 1.29 is 15.3 Å². The van der Waals surface area contributed by atoms with Gasteiger partial charge in [-0.05, 0) is 67.4 Å². The van der Waals surface area contributed by atoms with Crippen molar-refractivity contribution >= 4 is 11.8 Å². The van der Waals surface area contributed by atoms with Gasteiger partial charge >= 0.3 is 0 Å². The molecule has 0 aromatic rings. The Morgan fingerprint density at radius 3 is 2.66 bits per heavy atom. The molecule has 0 amide bonds. The van der Waals surface area contributed by atoms with Gasteiger partial charge in [0.2, 0.25) is 0 Å². The molecule has 4 heteroatoms. The largest absolute Gasteiger partial charge is 0.393 e. The summed E-state index contributed by atoms with van der Waals surface area (Å²) in [6, 6.07) is 0. The Morgan fingerprint density at radius 2 is 1.97 bits per heavy atom. The fourth-order valence-electron chi connectivity index (χ4n) is 6.25. The summed E-state index contributed by atoms with van der Waals surface area (Å²) in [6.45, 7) is 13.2. The minimum atomic E-state index is -0.631. The summed E-state index contributed by atoms with van der Waals surface area (Å²) in [5.74, 6) is 1.74. The van der Waals surface area contributed by atoms with Crippen LogP contribution in [0.25, 0.3) is 0 Å². The smallest absolute Gasteiger partial charge is 0.0811 e. The van der Waals surface area contributed by atoms with E-state index in [2.05, 4.69) is 52.5 Å². The summed E-state index contributed by atoms with van der Waals surface area (Å²) in [5.41, 5.74) is 5.00. The molecule has 0 heterocycles. The van der Waals surface area contributed by atoms with E-state index in [4.69, 9.17) is 0 Å². The lowest BCUT2D eigenvalue weighted by Crippen LogP contribution is -2.33. The molecule has 0 bridgehead atoms. The fraction of sp³-hybridized carbons (Fsp3) is 0.714. The Bertz CT molecular complexity index is 763. The molecule has 3 aliphatic carbocycles. The Kier molecular flexibility index (Phi) is 8.93. The van der Waals surface area contributed by atoms with Crippen LogP contribution in [0, 0.1) is 17.3 Å². The summed E-state index contributed by atoms with van der Waals surface area (Å²) in [6.07, 6.45) is 13.2. The highest BCUT2D eigenvalue weighted by Crippen LogP contribution is 2.56. The number of aliphatic hydroxyl groups is 3. The van der Waals surface area contributed by atoms with Crippen molar-refractivity contribution in [3.63, 3.8) is 0 Å². The monoisotopic (exact) mass is 460 g/mol. The molecule has 180 valence electrons. The molecule has 0 aromatic carbocycles. The minimum absolute atomic E-state index is 0.192. The maximum atomic E-state index is 10.6. The van der Waals surface area contributed by atoms with Gasteiger partial charge < -0.3 is 15.3 Å². The van der Waals surface area contributed by atoms with Gasteiger partial charge in [0.25, 0.3) is 0 Å². The molecular formula is C28H44O3S. The predicted octanol–water partition coefficient (Wildman–Crippen LogP) is 5.97. The predicted molar refractivity (Wildman–Crippen MR) is 137 cm³/mol. The van der Waals surface area contributed by atoms with E-state index in [9.17, 15) is 15.3 Å². The molecule has 2 saturated carbocycles. The standard InChI is InChI=1S/C28H44O3S/c1-6-20(7-2)27(31)17-32-19(4)24-12-13-25-21(9-8-14-28(24,25)5)10-11-22-15-23(29)16-26(30)18(22)3/h10-12,19-20,23,25-27,29-31H,3,6-9,13-17H2,1-2,4-5H3/t19-,23-,25+,26+,27+,28-/m1/s1. The van der Waals surface area contributed by atoms with E-state index in [0.29, 0.717) is 29.9 Å². The van der Waals surface area contributed by atoms with Crippen LogP contribution in [-0.4, -0.2) is 44.6 Å². The van der Waals surface area contributed by atoms with Crippen molar-refractivity contribution in [3.05, 3.63) is 47.1 Å². The summed E-state index contributed by atoms with van der Waals surface area (Å²) < 4.78 is 0. The molecule has 3 N–H and O–H groups in total. The van der Waals surface area contributed by atoms with Crippen LogP contribution in [0.3, 0.4) is 0 Å². The molecule has 2 fully saturated rings. The molecule has 0 radical (unpaired) electrons. The molecule has 32 heavy (non-hydrogen) atoms. The second kappa shape index (κ2) is 11.1. The van der Waals surface area contributed by atoms with E-state index < -0.39 is 12.2 Å². The van der Waals surface area contributed by atoms with Gasteiger partial charge in [-0.15, -0.1) is 0 Å². The van der Waals surface area contributed by atoms with E-state index in [-0.39, 0.29) is 11.5 Å². The number of aliphatic hydroxyl groups excluding tert-OH is 3. The molecule has 0 spiro atoms. The van der Waals surface area contributed by atoms with E-state index in [1.54, 1.807) is 5.57 Å². The number of allylic oxidation sites excluding steroid dienone is 4. The van der Waals surface area contributed by atoms with Gasteiger partial charge in [0.05, 0.1) is 18.3 Å². The molecular weight excluding hydrogens is 416 g/mol. The molecule has 3 rings (SSSR count). The Hall–Kier alpha value is -0.810. The molecule has 0 saturated heterocycles. The zero-order valence-corrected chi connectivity index (χ0v) is 21.3. The maximum absolute atomic E-state index is 10.6. The number of hydrogen-bond donors (Lipinski definition) is 3. The number of fused-ring (bicyclic) bond motifs is 1. The van der Waals surface area contributed by atoms with Gasteiger partial charge in [0.1, 0.15) is 0 Å². The van der Waals surface area contributed by atoms with Gasteiger partial charge in [-0.2, -0.15) is 11.8 Å². The molecule has 0 unspecified atom stereocenters. The number of hydrogen-bond acceptors (Lipinski definition) is 4. The first kappa shape index (κ1) is 25.8. The van der Waals surface area contributed by atoms with Crippen molar-refractivity contribution in [1.29, 1.82) is 0 Å². The second-order valence-electron chi connectivity index (χ2n) is 10.4. The lowest BCUT2D eigenvalue weighted by atomic mass is 9.64. The number of rotatable bonds is 8. The van der Waals surface area contributed by atoms with Crippen molar-refractivity contribution in [2.45, 2.75) is 103 Å². The van der Waals surface area contributed by atoms with Crippen molar-refractivity contribution in [3.8, 4) is 0 Å². The molecule has 3 nitrogen and oxygen atoms in total. The van der Waals surface area contributed by atoms with Crippen molar-refractivity contribution in [2.75, 3.05) is 5.75 Å². The zero-order chi connectivity index (χ0) is 23.5. The lowest BCUT2D eigenvalue weighted by Gasteiger charge is -2.42. The van der Waals surface area contributed by atoms with Crippen LogP contribution in [0.4, 0.5) is 0 Å². The normalized spacial score (nSPS) is 35.3. The highest BCUT2D eigenvalue weighted by atomic mass is 32.2. The van der Waals surface area contributed by atoms with E-state index in [1.165, 1.54) is 18.4 Å². The van der Waals surface area contributed by atoms with Crippen LogP contribution in [0.1, 0.15) is 79.1 Å². The highest BCUT2D eigenvalue weighted by molar-refractivity contribution is 8.00. The second-order valence-corrected chi connectivity index (χ2v) is 11.8. The first-order valence-corrected chi connectivity index (χ1v) is 13.7. The maximum Gasteiger partial charge on any atom is 0.0811 e. The van der Waals surface area contributed by atoms with Gasteiger partial charge in [-0.1, -0.05) is 69.6 Å². The highest BCUT2D eigenvalue weighted by Gasteiger charge is 2.46. The van der Waals surface area contributed by atoms with E-state index >= 15 is 0 Å². The third kappa shape index (κ3) is 5.46. The zero-order valence-electron chi connectivity index (χ0n) is 20.5. The van der Waals surface area contributed by atoms with Crippen molar-refractivity contribution in [1.82, 2.24) is 0 Å². The summed E-state index contributed by atoms with van der Waals surface area (Å²) >= 11 is 1.92. The third-order valence-electron chi connectivity index (χ3n) is 8.42. The fourth-order valence-corrected chi connectivity index (χ4v) is 7.55. The van der Waals surface area contributed by atoms with Gasteiger partial charge in [-0.25, -0.2) is 0 Å². The SMILES string of the molecule is C=C1C(=CC=C2CCC[C@]3(C)C([C@@H](C)SC[C@H](O)C(CC)CC)=CC[C@@H]23)C[C@@H](O)C[C@@H]1O. The first-order chi connectivity index (χ1) is 15.2. The number of thioether (sulfide) groups is 1.